The van der Waals surface area contributed by atoms with Crippen molar-refractivity contribution in [1.82, 2.24) is 20.2 Å². The molecule has 0 unspecified atom stereocenters. The Hall–Kier alpha value is -2.47. The predicted octanol–water partition coefficient (Wildman–Crippen LogP) is 4.84. The van der Waals surface area contributed by atoms with Crippen molar-refractivity contribution >= 4 is 38.1 Å². The van der Waals surface area contributed by atoms with Gasteiger partial charge in [-0.1, -0.05) is 12.1 Å². The van der Waals surface area contributed by atoms with Crippen molar-refractivity contribution in [2.75, 3.05) is 5.32 Å². The Balaban J connectivity index is 1.55. The highest BCUT2D eigenvalue weighted by atomic mass is 32.1. The molecule has 0 bridgehead atoms. The van der Waals surface area contributed by atoms with Crippen molar-refractivity contribution < 1.29 is 0 Å². The minimum Gasteiger partial charge on any atom is -0.366 e. The van der Waals surface area contributed by atoms with E-state index in [4.69, 9.17) is 4.98 Å². The van der Waals surface area contributed by atoms with Crippen LogP contribution in [0.15, 0.2) is 36.0 Å². The number of hydrogen-bond donors (Lipinski definition) is 2. The lowest BCUT2D eigenvalue weighted by molar-refractivity contribution is 0.566. The Kier molecular flexibility index (Phi) is 3.11. The van der Waals surface area contributed by atoms with Crippen molar-refractivity contribution in [3.63, 3.8) is 0 Å². The summed E-state index contributed by atoms with van der Waals surface area (Å²) in [5.74, 6) is 3.46. The molecule has 3 heterocycles. The van der Waals surface area contributed by atoms with Crippen molar-refractivity contribution in [3.8, 4) is 11.4 Å². The second kappa shape index (κ2) is 5.51. The molecule has 3 aromatic heterocycles. The molecule has 0 radical (unpaired) electrons. The summed E-state index contributed by atoms with van der Waals surface area (Å²) >= 11 is 1.79. The largest absolute Gasteiger partial charge is 0.366 e. The average Bonchev–Trinajstić information content (AvgIpc) is 3.58. The minimum atomic E-state index is 0.584. The van der Waals surface area contributed by atoms with Crippen LogP contribution in [0.2, 0.25) is 0 Å². The second-order valence-electron chi connectivity index (χ2n) is 7.50. The van der Waals surface area contributed by atoms with Gasteiger partial charge in [0.15, 0.2) is 5.82 Å². The molecule has 130 valence electrons. The lowest BCUT2D eigenvalue weighted by Gasteiger charge is -2.20. The Morgan fingerprint density at radius 2 is 1.92 bits per heavy atom. The number of pyridine rings is 1. The highest BCUT2D eigenvalue weighted by molar-refractivity contribution is 7.18. The smallest absolute Gasteiger partial charge is 0.157 e. The zero-order valence-electron chi connectivity index (χ0n) is 14.3. The van der Waals surface area contributed by atoms with Gasteiger partial charge in [0.05, 0.1) is 5.52 Å². The fraction of sp³-hybridized carbons (Fsp3) is 0.350. The van der Waals surface area contributed by atoms with E-state index in [9.17, 15) is 0 Å². The molecule has 2 aliphatic carbocycles. The van der Waals surface area contributed by atoms with Crippen LogP contribution in [0, 0.1) is 11.8 Å². The minimum absolute atomic E-state index is 0.584. The number of thiophene rings is 1. The summed E-state index contributed by atoms with van der Waals surface area (Å²) in [6, 6.07) is 9.08. The third-order valence-corrected chi connectivity index (χ3v) is 6.61. The van der Waals surface area contributed by atoms with Crippen LogP contribution in [0.1, 0.15) is 25.7 Å². The van der Waals surface area contributed by atoms with Crippen molar-refractivity contribution in [2.24, 2.45) is 11.8 Å². The zero-order valence-corrected chi connectivity index (χ0v) is 15.1. The summed E-state index contributed by atoms with van der Waals surface area (Å²) in [4.78, 5) is 9.45. The molecule has 5 nitrogen and oxygen atoms in total. The van der Waals surface area contributed by atoms with Crippen LogP contribution in [-0.4, -0.2) is 26.2 Å². The monoisotopic (exact) mass is 361 g/mol. The van der Waals surface area contributed by atoms with Crippen LogP contribution >= 0.6 is 11.3 Å². The molecule has 2 aliphatic rings. The summed E-state index contributed by atoms with van der Waals surface area (Å²) in [6.45, 7) is 0. The van der Waals surface area contributed by atoms with E-state index >= 15 is 0 Å². The fourth-order valence-corrected chi connectivity index (χ4v) is 4.97. The summed E-state index contributed by atoms with van der Waals surface area (Å²) in [5.41, 5.74) is 2.00. The first-order chi connectivity index (χ1) is 12.9. The summed E-state index contributed by atoms with van der Waals surface area (Å²) in [6.07, 6.45) is 6.98. The maximum Gasteiger partial charge on any atom is 0.157 e. The number of rotatable bonds is 5. The maximum atomic E-state index is 5.10. The normalized spacial score (nSPS) is 17.4. The van der Waals surface area contributed by atoms with Crippen LogP contribution in [0.5, 0.6) is 0 Å². The first-order valence-electron chi connectivity index (χ1n) is 9.31. The molecular weight excluding hydrogens is 342 g/mol. The highest BCUT2D eigenvalue weighted by Crippen LogP contribution is 2.47. The molecule has 4 aromatic rings. The van der Waals surface area contributed by atoms with Gasteiger partial charge >= 0.3 is 0 Å². The maximum absolute atomic E-state index is 5.10. The summed E-state index contributed by atoms with van der Waals surface area (Å²) in [5, 5.41) is 15.4. The fourth-order valence-electron chi connectivity index (χ4n) is 4.05. The van der Waals surface area contributed by atoms with Crippen molar-refractivity contribution in [2.45, 2.75) is 31.7 Å². The van der Waals surface area contributed by atoms with E-state index in [0.717, 1.165) is 34.6 Å². The molecule has 26 heavy (non-hydrogen) atoms. The molecule has 0 atom stereocenters. The number of nitrogens with zero attached hydrogens (tertiary/aromatic N) is 3. The standard InChI is InChI=1S/C20H19N5S/c1-2-13-17(14(3-1)19-21-10-22-25-19)24-20(15-8-9-26-18(13)15)23-16(11-4-5-11)12-6-7-12/h1-3,8-12,16H,4-7H2,(H,23,24)(H,21,22,25). The van der Waals surface area contributed by atoms with E-state index in [0.29, 0.717) is 6.04 Å². The number of anilines is 1. The topological polar surface area (TPSA) is 66.5 Å². The number of fused-ring (bicyclic) bond motifs is 3. The number of H-pyrrole nitrogens is 1. The third kappa shape index (κ3) is 2.32. The molecule has 6 heteroatoms. The van der Waals surface area contributed by atoms with Crippen molar-refractivity contribution in [1.29, 1.82) is 0 Å². The molecule has 6 rings (SSSR count). The number of para-hydroxylation sites is 1. The van der Waals surface area contributed by atoms with Crippen molar-refractivity contribution in [3.05, 3.63) is 36.0 Å². The van der Waals surface area contributed by atoms with Crippen LogP contribution in [0.3, 0.4) is 0 Å². The van der Waals surface area contributed by atoms with Gasteiger partial charge in [-0.15, -0.1) is 11.3 Å². The Morgan fingerprint density at radius 3 is 2.65 bits per heavy atom. The van der Waals surface area contributed by atoms with Gasteiger partial charge in [-0.25, -0.2) is 9.97 Å². The van der Waals surface area contributed by atoms with E-state index in [1.54, 1.807) is 17.7 Å². The zero-order chi connectivity index (χ0) is 17.1. The highest BCUT2D eigenvalue weighted by Gasteiger charge is 2.41. The predicted molar refractivity (Wildman–Crippen MR) is 105 cm³/mol. The first-order valence-corrected chi connectivity index (χ1v) is 10.2. The molecule has 1 aromatic carbocycles. The van der Waals surface area contributed by atoms with Gasteiger partial charge in [0.2, 0.25) is 0 Å². The lowest BCUT2D eigenvalue weighted by Crippen LogP contribution is -2.24. The quantitative estimate of drug-likeness (QED) is 0.534. The number of aromatic nitrogens is 4. The van der Waals surface area contributed by atoms with Crippen LogP contribution in [-0.2, 0) is 0 Å². The summed E-state index contributed by atoms with van der Waals surface area (Å²) < 4.78 is 1.30. The van der Waals surface area contributed by atoms with Gasteiger partial charge in [0.25, 0.3) is 0 Å². The molecule has 0 amide bonds. The average molecular weight is 361 g/mol. The molecule has 2 saturated carbocycles. The number of nitrogens with one attached hydrogen (secondary N) is 2. The molecule has 2 N–H and O–H groups in total. The van der Waals surface area contributed by atoms with Gasteiger partial charge < -0.3 is 5.32 Å². The van der Waals surface area contributed by atoms with Gasteiger partial charge in [-0.3, -0.25) is 5.10 Å². The molecule has 0 saturated heterocycles. The van der Waals surface area contributed by atoms with Gasteiger partial charge in [0.1, 0.15) is 12.1 Å². The Morgan fingerprint density at radius 1 is 1.08 bits per heavy atom. The van der Waals surface area contributed by atoms with Gasteiger partial charge in [-0.2, -0.15) is 5.10 Å². The molecule has 0 spiro atoms. The molecular formula is C20H19N5S. The Labute approximate surface area is 154 Å². The van der Waals surface area contributed by atoms with Crippen LogP contribution in [0.25, 0.3) is 32.4 Å². The second-order valence-corrected chi connectivity index (χ2v) is 8.42. The number of benzene rings is 1. The first kappa shape index (κ1) is 14.7. The van der Waals surface area contributed by atoms with Crippen LogP contribution in [0.4, 0.5) is 5.82 Å². The number of hydrogen-bond acceptors (Lipinski definition) is 5. The van der Waals surface area contributed by atoms with E-state index in [1.165, 1.54) is 41.2 Å². The van der Waals surface area contributed by atoms with E-state index < -0.39 is 0 Å². The van der Waals surface area contributed by atoms with Crippen LogP contribution < -0.4 is 5.32 Å². The van der Waals surface area contributed by atoms with Gasteiger partial charge in [-0.05, 0) is 55.0 Å². The molecule has 0 aliphatic heterocycles. The molecule has 2 fully saturated rings. The van der Waals surface area contributed by atoms with E-state index in [2.05, 4.69) is 50.1 Å². The summed E-state index contributed by atoms with van der Waals surface area (Å²) in [7, 11) is 0. The number of aromatic amines is 1. The van der Waals surface area contributed by atoms with E-state index in [1.807, 2.05) is 0 Å². The Bertz CT molecular complexity index is 1080. The SMILES string of the molecule is c1cc(-c2ncn[nH]2)c2nc(NC(C3CC3)C3CC3)c3ccsc3c2c1. The van der Waals surface area contributed by atoms with E-state index in [-0.39, 0.29) is 0 Å². The third-order valence-electron chi connectivity index (χ3n) is 5.66. The lowest BCUT2D eigenvalue weighted by atomic mass is 10.1. The van der Waals surface area contributed by atoms with Gasteiger partial charge in [0, 0.05) is 27.1 Å².